The van der Waals surface area contributed by atoms with Crippen molar-refractivity contribution < 1.29 is 4.39 Å². The fraction of sp³-hybridized carbons (Fsp3) is 0.316. The highest BCUT2D eigenvalue weighted by molar-refractivity contribution is 5.82. The van der Waals surface area contributed by atoms with Crippen LogP contribution in [0.1, 0.15) is 19.4 Å². The molecule has 0 saturated carbocycles. The number of halogens is 1. The molecule has 2 N–H and O–H groups in total. The molecule has 3 rings (SSSR count). The maximum atomic E-state index is 13.1. The summed E-state index contributed by atoms with van der Waals surface area (Å²) in [5.41, 5.74) is 9.72. The topological polar surface area (TPSA) is 47.1 Å². The maximum absolute atomic E-state index is 13.1. The summed E-state index contributed by atoms with van der Waals surface area (Å²) in [7, 11) is 0. The van der Waals surface area contributed by atoms with E-state index in [0.717, 1.165) is 54.3 Å². The third-order valence-corrected chi connectivity index (χ3v) is 4.34. The number of hydrogen-bond donors (Lipinski definition) is 1. The van der Waals surface area contributed by atoms with Gasteiger partial charge in [0.15, 0.2) is 0 Å². The Kier molecular flexibility index (Phi) is 4.69. The van der Waals surface area contributed by atoms with E-state index >= 15 is 0 Å². The van der Waals surface area contributed by atoms with Crippen LogP contribution in [-0.2, 0) is 13.0 Å². The molecule has 0 atom stereocenters. The fourth-order valence-corrected chi connectivity index (χ4v) is 2.99. The minimum Gasteiger partial charge on any atom is -0.399 e. The van der Waals surface area contributed by atoms with E-state index in [-0.39, 0.29) is 5.82 Å². The molecule has 0 aliphatic rings. The Hall–Kier alpha value is -2.56. The van der Waals surface area contributed by atoms with E-state index in [1.54, 1.807) is 0 Å². The average molecular weight is 326 g/mol. The van der Waals surface area contributed by atoms with Gasteiger partial charge in [0.1, 0.15) is 5.82 Å². The van der Waals surface area contributed by atoms with Gasteiger partial charge < -0.3 is 15.2 Å². The predicted octanol–water partition coefficient (Wildman–Crippen LogP) is 3.85. The third-order valence-electron chi connectivity index (χ3n) is 4.34. The van der Waals surface area contributed by atoms with Gasteiger partial charge in [-0.25, -0.2) is 9.37 Å². The first kappa shape index (κ1) is 16.3. The van der Waals surface area contributed by atoms with Crippen LogP contribution < -0.4 is 10.6 Å². The summed E-state index contributed by atoms with van der Waals surface area (Å²) in [4.78, 5) is 7.03. The Morgan fingerprint density at radius 1 is 1.08 bits per heavy atom. The van der Waals surface area contributed by atoms with E-state index in [4.69, 9.17) is 10.7 Å². The smallest absolute Gasteiger partial charge is 0.206 e. The average Bonchev–Trinajstić information content (AvgIpc) is 2.93. The van der Waals surface area contributed by atoms with Crippen molar-refractivity contribution in [2.45, 2.75) is 26.8 Å². The first-order valence-corrected chi connectivity index (χ1v) is 8.37. The van der Waals surface area contributed by atoms with Crippen LogP contribution in [0, 0.1) is 5.82 Å². The van der Waals surface area contributed by atoms with Crippen LogP contribution in [0.15, 0.2) is 42.5 Å². The number of nitrogen functional groups attached to an aromatic ring is 1. The molecular weight excluding hydrogens is 303 g/mol. The minimum absolute atomic E-state index is 0.203. The summed E-state index contributed by atoms with van der Waals surface area (Å²) < 4.78 is 15.3. The molecule has 24 heavy (non-hydrogen) atoms. The molecule has 2 aromatic carbocycles. The number of benzene rings is 2. The lowest BCUT2D eigenvalue weighted by molar-refractivity contribution is 0.625. The van der Waals surface area contributed by atoms with Crippen molar-refractivity contribution in [1.29, 1.82) is 0 Å². The summed E-state index contributed by atoms with van der Waals surface area (Å²) in [5.74, 6) is 0.758. The highest BCUT2D eigenvalue weighted by Gasteiger charge is 2.15. The molecule has 5 heteroatoms. The van der Waals surface area contributed by atoms with Gasteiger partial charge in [-0.15, -0.1) is 0 Å². The summed E-state index contributed by atoms with van der Waals surface area (Å²) >= 11 is 0. The van der Waals surface area contributed by atoms with Crippen LogP contribution in [-0.4, -0.2) is 22.6 Å². The van der Waals surface area contributed by atoms with Gasteiger partial charge in [0.2, 0.25) is 5.95 Å². The molecule has 126 valence electrons. The Morgan fingerprint density at radius 2 is 1.79 bits per heavy atom. The van der Waals surface area contributed by atoms with Crippen LogP contribution in [0.3, 0.4) is 0 Å². The van der Waals surface area contributed by atoms with Crippen molar-refractivity contribution in [1.82, 2.24) is 9.55 Å². The molecule has 0 spiro atoms. The zero-order chi connectivity index (χ0) is 17.1. The van der Waals surface area contributed by atoms with Crippen LogP contribution in [0.5, 0.6) is 0 Å². The van der Waals surface area contributed by atoms with Gasteiger partial charge in [-0.05, 0) is 56.2 Å². The van der Waals surface area contributed by atoms with E-state index in [1.165, 1.54) is 12.1 Å². The molecule has 0 unspecified atom stereocenters. The molecule has 0 bridgehead atoms. The lowest BCUT2D eigenvalue weighted by Crippen LogP contribution is -2.25. The van der Waals surface area contributed by atoms with Gasteiger partial charge in [0.05, 0.1) is 11.0 Å². The number of aryl methyl sites for hydroxylation is 2. The minimum atomic E-state index is -0.203. The Bertz CT molecular complexity index is 819. The number of nitrogens with zero attached hydrogens (tertiary/aromatic N) is 3. The van der Waals surface area contributed by atoms with Crippen molar-refractivity contribution >= 4 is 22.7 Å². The van der Waals surface area contributed by atoms with Crippen LogP contribution in [0.25, 0.3) is 11.0 Å². The molecule has 0 radical (unpaired) electrons. The largest absolute Gasteiger partial charge is 0.399 e. The highest BCUT2D eigenvalue weighted by Crippen LogP contribution is 2.25. The Morgan fingerprint density at radius 3 is 2.46 bits per heavy atom. The molecule has 0 aliphatic carbocycles. The third kappa shape index (κ3) is 3.20. The quantitative estimate of drug-likeness (QED) is 0.700. The van der Waals surface area contributed by atoms with Gasteiger partial charge in [-0.1, -0.05) is 12.1 Å². The highest BCUT2D eigenvalue weighted by atomic mass is 19.1. The number of imidazole rings is 1. The van der Waals surface area contributed by atoms with Crippen LogP contribution in [0.4, 0.5) is 16.0 Å². The molecule has 0 aliphatic heterocycles. The van der Waals surface area contributed by atoms with Crippen molar-refractivity contribution in [2.24, 2.45) is 0 Å². The van der Waals surface area contributed by atoms with E-state index in [0.29, 0.717) is 0 Å². The number of hydrogen-bond acceptors (Lipinski definition) is 3. The van der Waals surface area contributed by atoms with Gasteiger partial charge in [-0.2, -0.15) is 0 Å². The second-order valence-corrected chi connectivity index (χ2v) is 5.86. The van der Waals surface area contributed by atoms with Gasteiger partial charge >= 0.3 is 0 Å². The van der Waals surface area contributed by atoms with E-state index in [1.807, 2.05) is 30.3 Å². The zero-order valence-corrected chi connectivity index (χ0v) is 14.2. The van der Waals surface area contributed by atoms with Crippen molar-refractivity contribution in [3.05, 3.63) is 53.8 Å². The SMILES string of the molecule is CCN(CC)c1nc2cc(N)ccc2n1CCc1ccc(F)cc1. The number of anilines is 2. The van der Waals surface area contributed by atoms with E-state index in [9.17, 15) is 4.39 Å². The normalized spacial score (nSPS) is 11.1. The number of aromatic nitrogens is 2. The molecule has 0 saturated heterocycles. The number of rotatable bonds is 6. The molecule has 1 heterocycles. The van der Waals surface area contributed by atoms with Crippen molar-refractivity contribution in [2.75, 3.05) is 23.7 Å². The van der Waals surface area contributed by atoms with E-state index < -0.39 is 0 Å². The predicted molar refractivity (Wildman–Crippen MR) is 97.8 cm³/mol. The first-order chi connectivity index (χ1) is 11.6. The second-order valence-electron chi connectivity index (χ2n) is 5.86. The van der Waals surface area contributed by atoms with Gasteiger partial charge in [0, 0.05) is 25.3 Å². The zero-order valence-electron chi connectivity index (χ0n) is 14.2. The monoisotopic (exact) mass is 326 g/mol. The van der Waals surface area contributed by atoms with Gasteiger partial charge in [0.25, 0.3) is 0 Å². The maximum Gasteiger partial charge on any atom is 0.206 e. The van der Waals surface area contributed by atoms with Crippen LogP contribution in [0.2, 0.25) is 0 Å². The van der Waals surface area contributed by atoms with Gasteiger partial charge in [-0.3, -0.25) is 0 Å². The fourth-order valence-electron chi connectivity index (χ4n) is 2.99. The molecular formula is C19H23FN4. The standard InChI is InChI=1S/C19H23FN4/c1-3-23(4-2)19-22-17-13-16(21)9-10-18(17)24(19)12-11-14-5-7-15(20)8-6-14/h5-10,13H,3-4,11-12,21H2,1-2H3. The number of fused-ring (bicyclic) bond motifs is 1. The number of nitrogens with two attached hydrogens (primary N) is 1. The Labute approximate surface area is 141 Å². The molecule has 0 fully saturated rings. The second kappa shape index (κ2) is 6.91. The van der Waals surface area contributed by atoms with Crippen molar-refractivity contribution in [3.8, 4) is 0 Å². The molecule has 3 aromatic rings. The lowest BCUT2D eigenvalue weighted by Gasteiger charge is -2.21. The van der Waals surface area contributed by atoms with E-state index in [2.05, 4.69) is 23.3 Å². The molecule has 1 aromatic heterocycles. The summed E-state index contributed by atoms with van der Waals surface area (Å²) in [6, 6.07) is 12.5. The molecule has 0 amide bonds. The first-order valence-electron chi connectivity index (χ1n) is 8.37. The van der Waals surface area contributed by atoms with Crippen LogP contribution >= 0.6 is 0 Å². The summed E-state index contributed by atoms with van der Waals surface area (Å²) in [5, 5.41) is 0. The lowest BCUT2D eigenvalue weighted by atomic mass is 10.1. The summed E-state index contributed by atoms with van der Waals surface area (Å²) in [6.45, 7) is 6.83. The summed E-state index contributed by atoms with van der Waals surface area (Å²) in [6.07, 6.45) is 0.824. The van der Waals surface area contributed by atoms with Crippen molar-refractivity contribution in [3.63, 3.8) is 0 Å². The molecule has 4 nitrogen and oxygen atoms in total. The Balaban J connectivity index is 1.97.